The summed E-state index contributed by atoms with van der Waals surface area (Å²) in [5.41, 5.74) is 4.68. The second kappa shape index (κ2) is 10.3. The number of ether oxygens (including phenoxy) is 1. The number of nitro groups is 1. The molecule has 0 saturated carbocycles. The number of methoxy groups -OCH3 is 1. The molecule has 3 rings (SSSR count). The summed E-state index contributed by atoms with van der Waals surface area (Å²) in [4.78, 5) is 22.3. The molecule has 0 saturated heterocycles. The van der Waals surface area contributed by atoms with E-state index in [9.17, 15) is 14.9 Å². The molecule has 0 bridgehead atoms. The SMILES string of the molecule is COc1cccc(/C(C)=N/Nc2nnc(SCC(=O)Nc3ccc([N+](=O)[O-])cc3)n2N)c1. The Morgan fingerprint density at radius 1 is 1.28 bits per heavy atom. The Labute approximate surface area is 187 Å². The fourth-order valence-corrected chi connectivity index (χ4v) is 3.15. The maximum Gasteiger partial charge on any atom is 0.269 e. The smallest absolute Gasteiger partial charge is 0.269 e. The topological polar surface area (TPSA) is 163 Å². The number of non-ortho nitro benzene ring substituents is 1. The molecule has 3 aromatic rings. The molecule has 2 aromatic carbocycles. The second-order valence-corrected chi connectivity index (χ2v) is 7.30. The van der Waals surface area contributed by atoms with E-state index in [2.05, 4.69) is 26.0 Å². The molecule has 32 heavy (non-hydrogen) atoms. The lowest BCUT2D eigenvalue weighted by Crippen LogP contribution is -2.17. The molecule has 13 heteroatoms. The van der Waals surface area contributed by atoms with Gasteiger partial charge in [0.2, 0.25) is 11.1 Å². The van der Waals surface area contributed by atoms with E-state index in [0.29, 0.717) is 22.3 Å². The Hall–Kier alpha value is -4.13. The largest absolute Gasteiger partial charge is 0.497 e. The molecule has 1 aromatic heterocycles. The summed E-state index contributed by atoms with van der Waals surface area (Å²) < 4.78 is 6.39. The van der Waals surface area contributed by atoms with Crippen LogP contribution in [0.1, 0.15) is 12.5 Å². The number of benzene rings is 2. The minimum atomic E-state index is -0.511. The molecule has 1 amide bonds. The summed E-state index contributed by atoms with van der Waals surface area (Å²) in [6.07, 6.45) is 0. The van der Waals surface area contributed by atoms with Crippen LogP contribution in [-0.2, 0) is 4.79 Å². The molecule has 0 spiro atoms. The zero-order valence-electron chi connectivity index (χ0n) is 17.2. The van der Waals surface area contributed by atoms with Gasteiger partial charge in [-0.15, -0.1) is 10.2 Å². The summed E-state index contributed by atoms with van der Waals surface area (Å²) >= 11 is 1.08. The van der Waals surface area contributed by atoms with Crippen LogP contribution in [0.4, 0.5) is 17.3 Å². The number of anilines is 2. The van der Waals surface area contributed by atoms with E-state index in [-0.39, 0.29) is 23.3 Å². The van der Waals surface area contributed by atoms with Crippen molar-refractivity contribution in [2.45, 2.75) is 12.1 Å². The predicted molar refractivity (Wildman–Crippen MR) is 121 cm³/mol. The standard InChI is InChI=1S/C19H20N8O4S/c1-12(13-4-3-5-16(10-13)31-2)22-23-18-24-25-19(26(18)20)32-11-17(28)21-14-6-8-15(9-7-14)27(29)30/h3-10H,11,20H2,1-2H3,(H,21,28)(H,23,24)/b22-12+. The Morgan fingerprint density at radius 3 is 2.72 bits per heavy atom. The van der Waals surface area contributed by atoms with Gasteiger partial charge < -0.3 is 15.9 Å². The van der Waals surface area contributed by atoms with Gasteiger partial charge in [0, 0.05) is 23.4 Å². The first-order valence-corrected chi connectivity index (χ1v) is 10.2. The molecule has 0 radical (unpaired) electrons. The molecule has 0 aliphatic rings. The quantitative estimate of drug-likeness (QED) is 0.144. The van der Waals surface area contributed by atoms with Crippen LogP contribution in [-0.4, -0.2) is 44.3 Å². The number of nitrogens with zero attached hydrogens (tertiary/aromatic N) is 5. The lowest BCUT2D eigenvalue weighted by Gasteiger charge is -2.06. The first-order chi connectivity index (χ1) is 15.4. The van der Waals surface area contributed by atoms with Gasteiger partial charge in [-0.25, -0.2) is 10.1 Å². The molecule has 0 unspecified atom stereocenters. The summed E-state index contributed by atoms with van der Waals surface area (Å²) in [7, 11) is 1.59. The van der Waals surface area contributed by atoms with E-state index in [1.807, 2.05) is 31.2 Å². The molecule has 4 N–H and O–H groups in total. The number of thioether (sulfide) groups is 1. The summed E-state index contributed by atoms with van der Waals surface area (Å²) in [6.45, 7) is 1.82. The first-order valence-electron chi connectivity index (χ1n) is 9.19. The highest BCUT2D eigenvalue weighted by Crippen LogP contribution is 2.19. The first kappa shape index (κ1) is 22.6. The van der Waals surface area contributed by atoms with Gasteiger partial charge in [-0.1, -0.05) is 23.9 Å². The maximum atomic E-state index is 12.1. The minimum Gasteiger partial charge on any atom is -0.497 e. The van der Waals surface area contributed by atoms with Crippen molar-refractivity contribution >= 4 is 40.7 Å². The van der Waals surface area contributed by atoms with E-state index >= 15 is 0 Å². The molecule has 0 atom stereocenters. The average Bonchev–Trinajstić information content (AvgIpc) is 3.15. The van der Waals surface area contributed by atoms with Crippen LogP contribution in [0.3, 0.4) is 0 Å². The van der Waals surface area contributed by atoms with E-state index < -0.39 is 4.92 Å². The van der Waals surface area contributed by atoms with Crippen molar-refractivity contribution in [1.82, 2.24) is 14.9 Å². The van der Waals surface area contributed by atoms with Crippen LogP contribution < -0.4 is 21.3 Å². The van der Waals surface area contributed by atoms with Crippen molar-refractivity contribution in [3.63, 3.8) is 0 Å². The molecule has 0 fully saturated rings. The van der Waals surface area contributed by atoms with Gasteiger partial charge in [0.05, 0.1) is 23.5 Å². The predicted octanol–water partition coefficient (Wildman–Crippen LogP) is 2.48. The number of hydrazone groups is 1. The number of aromatic nitrogens is 3. The molecular weight excluding hydrogens is 436 g/mol. The van der Waals surface area contributed by atoms with Crippen molar-refractivity contribution in [2.24, 2.45) is 5.10 Å². The number of hydrogen-bond acceptors (Lipinski definition) is 10. The van der Waals surface area contributed by atoms with E-state index in [1.54, 1.807) is 7.11 Å². The maximum absolute atomic E-state index is 12.1. The molecule has 12 nitrogen and oxygen atoms in total. The van der Waals surface area contributed by atoms with E-state index in [0.717, 1.165) is 17.3 Å². The van der Waals surface area contributed by atoms with Crippen molar-refractivity contribution < 1.29 is 14.5 Å². The number of carbonyl (C=O) groups is 1. The number of rotatable bonds is 9. The molecular formula is C19H20N8O4S. The van der Waals surface area contributed by atoms with E-state index in [1.165, 1.54) is 28.9 Å². The Balaban J connectivity index is 1.56. The van der Waals surface area contributed by atoms with Crippen LogP contribution in [0.2, 0.25) is 0 Å². The van der Waals surface area contributed by atoms with Gasteiger partial charge in [-0.2, -0.15) is 5.10 Å². The number of carbonyl (C=O) groups excluding carboxylic acids is 1. The third-order valence-corrected chi connectivity index (χ3v) is 5.11. The van der Waals surface area contributed by atoms with Gasteiger partial charge >= 0.3 is 0 Å². The average molecular weight is 456 g/mol. The van der Waals surface area contributed by atoms with Crippen LogP contribution in [0.25, 0.3) is 0 Å². The van der Waals surface area contributed by atoms with Crippen LogP contribution in [0, 0.1) is 10.1 Å². The highest BCUT2D eigenvalue weighted by atomic mass is 32.2. The zero-order valence-corrected chi connectivity index (χ0v) is 18.0. The normalized spacial score (nSPS) is 11.1. The lowest BCUT2D eigenvalue weighted by molar-refractivity contribution is -0.384. The van der Waals surface area contributed by atoms with Crippen molar-refractivity contribution in [3.05, 3.63) is 64.2 Å². The molecule has 166 valence electrons. The van der Waals surface area contributed by atoms with Crippen molar-refractivity contribution in [1.29, 1.82) is 0 Å². The number of nitro benzene ring substituents is 1. The van der Waals surface area contributed by atoms with Crippen molar-refractivity contribution in [2.75, 3.05) is 29.4 Å². The second-order valence-electron chi connectivity index (χ2n) is 6.36. The number of hydrogen-bond donors (Lipinski definition) is 3. The molecule has 1 heterocycles. The molecule has 0 aliphatic heterocycles. The Morgan fingerprint density at radius 2 is 2.03 bits per heavy atom. The number of nitrogens with two attached hydrogens (primary N) is 1. The number of nitrogen functional groups attached to an aromatic ring is 1. The van der Waals surface area contributed by atoms with E-state index in [4.69, 9.17) is 10.6 Å². The van der Waals surface area contributed by atoms with Gasteiger partial charge in [0.15, 0.2) is 0 Å². The third kappa shape index (κ3) is 5.72. The van der Waals surface area contributed by atoms with Gasteiger partial charge in [0.25, 0.3) is 11.6 Å². The van der Waals surface area contributed by atoms with Gasteiger partial charge in [0.1, 0.15) is 5.75 Å². The van der Waals surface area contributed by atoms with Crippen LogP contribution in [0.15, 0.2) is 58.8 Å². The Bertz CT molecular complexity index is 1150. The number of nitrogens with one attached hydrogen (secondary N) is 2. The highest BCUT2D eigenvalue weighted by molar-refractivity contribution is 7.99. The highest BCUT2D eigenvalue weighted by Gasteiger charge is 2.13. The molecule has 0 aliphatic carbocycles. The lowest BCUT2D eigenvalue weighted by atomic mass is 10.1. The fraction of sp³-hybridized carbons (Fsp3) is 0.158. The van der Waals surface area contributed by atoms with Crippen LogP contribution >= 0.6 is 11.8 Å². The summed E-state index contributed by atoms with van der Waals surface area (Å²) in [6, 6.07) is 13.0. The van der Waals surface area contributed by atoms with Gasteiger partial charge in [-0.3, -0.25) is 14.9 Å². The monoisotopic (exact) mass is 456 g/mol. The van der Waals surface area contributed by atoms with Crippen LogP contribution in [0.5, 0.6) is 5.75 Å². The third-order valence-electron chi connectivity index (χ3n) is 4.17. The number of amides is 1. The zero-order chi connectivity index (χ0) is 23.1. The summed E-state index contributed by atoms with van der Waals surface area (Å²) in [5, 5.41) is 25.8. The summed E-state index contributed by atoms with van der Waals surface area (Å²) in [5.74, 6) is 6.58. The van der Waals surface area contributed by atoms with Crippen molar-refractivity contribution in [3.8, 4) is 5.75 Å². The van der Waals surface area contributed by atoms with Gasteiger partial charge in [-0.05, 0) is 31.2 Å². The minimum absolute atomic E-state index is 0.0123. The Kier molecular flexibility index (Phi) is 7.23. The fourth-order valence-electron chi connectivity index (χ4n) is 2.49.